The Balaban J connectivity index is 2.53. The van der Waals surface area contributed by atoms with Crippen molar-refractivity contribution in [1.82, 2.24) is 15.2 Å². The maximum Gasteiger partial charge on any atom is 0.222 e. The molecule has 0 saturated carbocycles. The average molecular weight is 222 g/mol. The van der Waals surface area contributed by atoms with E-state index in [1.807, 2.05) is 12.1 Å². The number of halogens is 1. The van der Waals surface area contributed by atoms with Gasteiger partial charge in [0, 0.05) is 11.1 Å². The van der Waals surface area contributed by atoms with Crippen molar-refractivity contribution in [3.63, 3.8) is 0 Å². The van der Waals surface area contributed by atoms with E-state index in [9.17, 15) is 0 Å². The standard InChI is InChI=1S/C10H8ClN3O/c1-15-10-8(2-3-9(11)14-10)7-4-5-12-13-6-7/h2-6H,1H3. The Morgan fingerprint density at radius 2 is 2.07 bits per heavy atom. The maximum atomic E-state index is 5.76. The third kappa shape index (κ3) is 2.05. The first-order chi connectivity index (χ1) is 7.31. The number of aromatic nitrogens is 3. The highest BCUT2D eigenvalue weighted by Gasteiger charge is 2.07. The molecule has 2 aromatic heterocycles. The monoisotopic (exact) mass is 221 g/mol. The Kier molecular flexibility index (Phi) is 2.78. The van der Waals surface area contributed by atoms with Crippen LogP contribution in [-0.4, -0.2) is 22.3 Å². The van der Waals surface area contributed by atoms with Crippen molar-refractivity contribution in [3.05, 3.63) is 35.7 Å². The molecule has 0 atom stereocenters. The van der Waals surface area contributed by atoms with Gasteiger partial charge in [0.2, 0.25) is 5.88 Å². The Labute approximate surface area is 91.9 Å². The Morgan fingerprint density at radius 1 is 1.20 bits per heavy atom. The minimum Gasteiger partial charge on any atom is -0.481 e. The lowest BCUT2D eigenvalue weighted by Crippen LogP contribution is -1.92. The second-order valence-electron chi connectivity index (χ2n) is 2.82. The summed E-state index contributed by atoms with van der Waals surface area (Å²) in [4.78, 5) is 4.06. The van der Waals surface area contributed by atoms with Crippen LogP contribution in [0.2, 0.25) is 5.15 Å². The molecule has 0 saturated heterocycles. The predicted octanol–water partition coefficient (Wildman–Crippen LogP) is 2.20. The highest BCUT2D eigenvalue weighted by atomic mass is 35.5. The molecule has 0 spiro atoms. The zero-order chi connectivity index (χ0) is 10.7. The molecule has 15 heavy (non-hydrogen) atoms. The lowest BCUT2D eigenvalue weighted by atomic mass is 10.1. The van der Waals surface area contributed by atoms with Crippen LogP contribution in [0.1, 0.15) is 0 Å². The van der Waals surface area contributed by atoms with Crippen molar-refractivity contribution in [2.75, 3.05) is 7.11 Å². The molecular weight excluding hydrogens is 214 g/mol. The van der Waals surface area contributed by atoms with Crippen molar-refractivity contribution >= 4 is 11.6 Å². The van der Waals surface area contributed by atoms with Gasteiger partial charge in [-0.25, -0.2) is 4.98 Å². The van der Waals surface area contributed by atoms with Crippen LogP contribution in [0.25, 0.3) is 11.1 Å². The first-order valence-corrected chi connectivity index (χ1v) is 4.66. The number of hydrogen-bond acceptors (Lipinski definition) is 4. The summed E-state index contributed by atoms with van der Waals surface area (Å²) in [6.07, 6.45) is 3.26. The SMILES string of the molecule is COc1nc(Cl)ccc1-c1ccnnc1. The second-order valence-corrected chi connectivity index (χ2v) is 3.21. The summed E-state index contributed by atoms with van der Waals surface area (Å²) < 4.78 is 5.14. The van der Waals surface area contributed by atoms with Gasteiger partial charge in [-0.15, -0.1) is 0 Å². The topological polar surface area (TPSA) is 47.9 Å². The van der Waals surface area contributed by atoms with Crippen LogP contribution in [0, 0.1) is 0 Å². The smallest absolute Gasteiger partial charge is 0.222 e. The van der Waals surface area contributed by atoms with Gasteiger partial charge < -0.3 is 4.74 Å². The van der Waals surface area contributed by atoms with Gasteiger partial charge in [0.15, 0.2) is 0 Å². The van der Waals surface area contributed by atoms with E-state index in [2.05, 4.69) is 15.2 Å². The molecule has 0 amide bonds. The van der Waals surface area contributed by atoms with Crippen LogP contribution in [0.15, 0.2) is 30.6 Å². The Morgan fingerprint density at radius 3 is 2.73 bits per heavy atom. The van der Waals surface area contributed by atoms with Gasteiger partial charge >= 0.3 is 0 Å². The third-order valence-electron chi connectivity index (χ3n) is 1.91. The van der Waals surface area contributed by atoms with E-state index < -0.39 is 0 Å². The molecule has 0 N–H and O–H groups in total. The summed E-state index contributed by atoms with van der Waals surface area (Å²) in [6.45, 7) is 0. The van der Waals surface area contributed by atoms with Crippen molar-refractivity contribution in [2.45, 2.75) is 0 Å². The summed E-state index contributed by atoms with van der Waals surface area (Å²) >= 11 is 5.76. The van der Waals surface area contributed by atoms with Crippen LogP contribution in [0.3, 0.4) is 0 Å². The number of methoxy groups -OCH3 is 1. The van der Waals surface area contributed by atoms with E-state index in [1.165, 1.54) is 0 Å². The molecule has 0 aliphatic rings. The molecule has 0 radical (unpaired) electrons. The molecule has 2 heterocycles. The highest BCUT2D eigenvalue weighted by molar-refractivity contribution is 6.29. The van der Waals surface area contributed by atoms with Crippen molar-refractivity contribution in [2.24, 2.45) is 0 Å². The number of nitrogens with zero attached hydrogens (tertiary/aromatic N) is 3. The summed E-state index contributed by atoms with van der Waals surface area (Å²) in [6, 6.07) is 5.38. The van der Waals surface area contributed by atoms with Gasteiger partial charge in [-0.1, -0.05) is 11.6 Å². The zero-order valence-electron chi connectivity index (χ0n) is 8.01. The van der Waals surface area contributed by atoms with E-state index in [4.69, 9.17) is 16.3 Å². The molecule has 2 aromatic rings. The lowest BCUT2D eigenvalue weighted by molar-refractivity contribution is 0.400. The Hall–Kier alpha value is -1.68. The van der Waals surface area contributed by atoms with Crippen molar-refractivity contribution in [1.29, 1.82) is 0 Å². The van der Waals surface area contributed by atoms with Crippen LogP contribution in [-0.2, 0) is 0 Å². The Bertz CT molecular complexity index is 461. The van der Waals surface area contributed by atoms with Gasteiger partial charge in [-0.05, 0) is 18.2 Å². The predicted molar refractivity (Wildman–Crippen MR) is 56.8 cm³/mol. The van der Waals surface area contributed by atoms with Crippen LogP contribution >= 0.6 is 11.6 Å². The fourth-order valence-electron chi connectivity index (χ4n) is 1.24. The van der Waals surface area contributed by atoms with Gasteiger partial charge in [-0.2, -0.15) is 10.2 Å². The van der Waals surface area contributed by atoms with E-state index in [1.54, 1.807) is 25.6 Å². The van der Waals surface area contributed by atoms with Crippen LogP contribution < -0.4 is 4.74 Å². The molecule has 5 heteroatoms. The molecule has 0 aliphatic heterocycles. The molecule has 0 fully saturated rings. The normalized spacial score (nSPS) is 10.0. The highest BCUT2D eigenvalue weighted by Crippen LogP contribution is 2.28. The minimum absolute atomic E-state index is 0.401. The van der Waals surface area contributed by atoms with E-state index in [-0.39, 0.29) is 0 Å². The summed E-state index contributed by atoms with van der Waals surface area (Å²) in [7, 11) is 1.55. The molecule has 0 aromatic carbocycles. The first-order valence-electron chi connectivity index (χ1n) is 4.29. The molecule has 0 unspecified atom stereocenters. The first kappa shape index (κ1) is 9.86. The molecule has 0 bridgehead atoms. The quantitative estimate of drug-likeness (QED) is 0.730. The average Bonchev–Trinajstić information content (AvgIpc) is 2.30. The third-order valence-corrected chi connectivity index (χ3v) is 2.13. The van der Waals surface area contributed by atoms with Crippen LogP contribution in [0.4, 0.5) is 0 Å². The summed E-state index contributed by atoms with van der Waals surface area (Å²) in [5, 5.41) is 7.90. The molecular formula is C10H8ClN3O. The molecule has 76 valence electrons. The number of hydrogen-bond donors (Lipinski definition) is 0. The number of rotatable bonds is 2. The van der Waals surface area contributed by atoms with Gasteiger partial charge in [0.25, 0.3) is 0 Å². The lowest BCUT2D eigenvalue weighted by Gasteiger charge is -2.06. The van der Waals surface area contributed by atoms with Crippen molar-refractivity contribution in [3.8, 4) is 17.0 Å². The fraction of sp³-hybridized carbons (Fsp3) is 0.100. The number of pyridine rings is 1. The molecule has 4 nitrogen and oxygen atoms in total. The largest absolute Gasteiger partial charge is 0.481 e. The van der Waals surface area contributed by atoms with Gasteiger partial charge in [0.05, 0.1) is 19.5 Å². The van der Waals surface area contributed by atoms with Crippen molar-refractivity contribution < 1.29 is 4.74 Å². The summed E-state index contributed by atoms with van der Waals surface area (Å²) in [5.41, 5.74) is 1.74. The number of ether oxygens (including phenoxy) is 1. The molecule has 0 aliphatic carbocycles. The fourth-order valence-corrected chi connectivity index (χ4v) is 1.38. The van der Waals surface area contributed by atoms with E-state index in [0.717, 1.165) is 11.1 Å². The summed E-state index contributed by atoms with van der Waals surface area (Å²) in [5.74, 6) is 0.482. The minimum atomic E-state index is 0.401. The van der Waals surface area contributed by atoms with E-state index >= 15 is 0 Å². The maximum absolute atomic E-state index is 5.76. The second kappa shape index (κ2) is 4.23. The zero-order valence-corrected chi connectivity index (χ0v) is 8.77. The van der Waals surface area contributed by atoms with E-state index in [0.29, 0.717) is 11.0 Å². The van der Waals surface area contributed by atoms with Crippen LogP contribution in [0.5, 0.6) is 5.88 Å². The van der Waals surface area contributed by atoms with Gasteiger partial charge in [-0.3, -0.25) is 0 Å². The van der Waals surface area contributed by atoms with Gasteiger partial charge in [0.1, 0.15) is 5.15 Å². The molecule has 2 rings (SSSR count).